The molecule has 1 aliphatic heterocycles. The zero-order valence-corrected chi connectivity index (χ0v) is 8.16. The lowest BCUT2D eigenvalue weighted by Crippen LogP contribution is -2.05. The molecule has 0 saturated carbocycles. The van der Waals surface area contributed by atoms with E-state index in [2.05, 4.69) is 0 Å². The Morgan fingerprint density at radius 2 is 2.07 bits per heavy atom. The van der Waals surface area contributed by atoms with E-state index in [1.54, 1.807) is 0 Å². The van der Waals surface area contributed by atoms with Gasteiger partial charge in [0.15, 0.2) is 5.78 Å². The third-order valence-electron chi connectivity index (χ3n) is 2.15. The minimum absolute atomic E-state index is 0.0800. The molecule has 0 amide bonds. The van der Waals surface area contributed by atoms with Crippen molar-refractivity contribution in [3.05, 3.63) is 34.9 Å². The molecule has 1 heterocycles. The summed E-state index contributed by atoms with van der Waals surface area (Å²) in [6.45, 7) is 0. The lowest BCUT2D eigenvalue weighted by molar-refractivity contribution is 0.0985. The van der Waals surface area contributed by atoms with Gasteiger partial charge >= 0.3 is 0 Å². The fourth-order valence-electron chi connectivity index (χ4n) is 1.52. The smallest absolute Gasteiger partial charge is 0.166 e. The highest BCUT2D eigenvalue weighted by atomic mass is 32.2. The topological polar surface area (TPSA) is 17.1 Å². The molecule has 0 aromatic heterocycles. The average Bonchev–Trinajstić information content (AvgIpc) is 2.27. The summed E-state index contributed by atoms with van der Waals surface area (Å²) in [5, 5.41) is 0. The first-order chi connectivity index (χ1) is 6.68. The molecule has 1 nitrogen and oxygen atoms in total. The fourth-order valence-corrected chi connectivity index (χ4v) is 2.45. The van der Waals surface area contributed by atoms with Gasteiger partial charge in [0.25, 0.3) is 0 Å². The van der Waals surface area contributed by atoms with Crippen molar-refractivity contribution in [2.75, 3.05) is 5.75 Å². The summed E-state index contributed by atoms with van der Waals surface area (Å²) in [4.78, 5) is 11.5. The maximum atomic E-state index is 13.3. The first-order valence-corrected chi connectivity index (χ1v) is 5.43. The molecule has 0 spiro atoms. The highest BCUT2D eigenvalue weighted by Gasteiger charge is 2.20. The average molecular weight is 214 g/mol. The third-order valence-corrected chi connectivity index (χ3v) is 3.15. The van der Waals surface area contributed by atoms with Crippen molar-refractivity contribution in [1.82, 2.24) is 0 Å². The van der Waals surface area contributed by atoms with E-state index in [4.69, 9.17) is 0 Å². The van der Waals surface area contributed by atoms with Crippen LogP contribution in [0.3, 0.4) is 0 Å². The number of thioether (sulfide) groups is 1. The van der Waals surface area contributed by atoms with E-state index in [1.165, 1.54) is 17.8 Å². The lowest BCUT2D eigenvalue weighted by atomic mass is 10.0. The number of rotatable bonds is 0. The van der Waals surface area contributed by atoms with E-state index in [-0.39, 0.29) is 11.3 Å². The van der Waals surface area contributed by atoms with Crippen molar-refractivity contribution in [3.63, 3.8) is 0 Å². The van der Waals surface area contributed by atoms with Crippen molar-refractivity contribution in [3.8, 4) is 0 Å². The first-order valence-electron chi connectivity index (χ1n) is 4.27. The largest absolute Gasteiger partial charge is 0.294 e. The maximum absolute atomic E-state index is 13.3. The van der Waals surface area contributed by atoms with Crippen LogP contribution in [0.2, 0.25) is 0 Å². The molecule has 4 heteroatoms. The zero-order chi connectivity index (χ0) is 10.1. The normalized spacial score (nSPS) is 16.3. The molecule has 0 aliphatic carbocycles. The zero-order valence-electron chi connectivity index (χ0n) is 7.35. The van der Waals surface area contributed by atoms with Gasteiger partial charge in [-0.25, -0.2) is 8.78 Å². The van der Waals surface area contributed by atoms with Gasteiger partial charge in [-0.05, 0) is 11.6 Å². The van der Waals surface area contributed by atoms with Gasteiger partial charge in [-0.3, -0.25) is 4.79 Å². The molecular weight excluding hydrogens is 206 g/mol. The van der Waals surface area contributed by atoms with Gasteiger partial charge in [0.2, 0.25) is 0 Å². The van der Waals surface area contributed by atoms with Gasteiger partial charge in [0.1, 0.15) is 11.6 Å². The standard InChI is InChI=1S/C10H8F2OS/c11-7-3-6-5-14-2-1-9(13)10(6)8(12)4-7/h3-4H,1-2,5H2. The molecule has 0 saturated heterocycles. The number of carbonyl (C=O) groups excluding carboxylic acids is 1. The number of benzene rings is 1. The van der Waals surface area contributed by atoms with Gasteiger partial charge in [-0.15, -0.1) is 0 Å². The Labute approximate surface area is 84.5 Å². The maximum Gasteiger partial charge on any atom is 0.166 e. The van der Waals surface area contributed by atoms with E-state index in [0.29, 0.717) is 23.5 Å². The molecule has 0 atom stereocenters. The van der Waals surface area contributed by atoms with Crippen LogP contribution in [0.1, 0.15) is 22.3 Å². The van der Waals surface area contributed by atoms with Crippen LogP contribution in [0, 0.1) is 11.6 Å². The van der Waals surface area contributed by atoms with E-state index in [9.17, 15) is 13.6 Å². The molecule has 0 radical (unpaired) electrons. The molecule has 0 unspecified atom stereocenters. The summed E-state index contributed by atoms with van der Waals surface area (Å²) in [6.07, 6.45) is 0.334. The van der Waals surface area contributed by atoms with Crippen LogP contribution in [0.5, 0.6) is 0 Å². The molecule has 1 aliphatic rings. The molecule has 74 valence electrons. The van der Waals surface area contributed by atoms with E-state index in [0.717, 1.165) is 6.07 Å². The van der Waals surface area contributed by atoms with Gasteiger partial charge in [0.05, 0.1) is 5.56 Å². The minimum atomic E-state index is -0.729. The van der Waals surface area contributed by atoms with Crippen molar-refractivity contribution in [2.45, 2.75) is 12.2 Å². The summed E-state index contributed by atoms with van der Waals surface area (Å²) in [5.41, 5.74) is 0.561. The third kappa shape index (κ3) is 1.66. The highest BCUT2D eigenvalue weighted by Crippen LogP contribution is 2.26. The van der Waals surface area contributed by atoms with Crippen molar-refractivity contribution in [1.29, 1.82) is 0 Å². The second kappa shape index (κ2) is 3.69. The van der Waals surface area contributed by atoms with Gasteiger partial charge in [-0.1, -0.05) is 0 Å². The van der Waals surface area contributed by atoms with E-state index < -0.39 is 11.6 Å². The molecule has 0 fully saturated rings. The summed E-state index contributed by atoms with van der Waals surface area (Å²) in [7, 11) is 0. The SMILES string of the molecule is O=C1CCSCc2cc(F)cc(F)c21. The first kappa shape index (κ1) is 9.65. The van der Waals surface area contributed by atoms with Crippen LogP contribution >= 0.6 is 11.8 Å². The van der Waals surface area contributed by atoms with Gasteiger partial charge in [-0.2, -0.15) is 11.8 Å². The summed E-state index contributed by atoms with van der Waals surface area (Å²) in [6, 6.07) is 2.02. The quantitative estimate of drug-likeness (QED) is 0.660. The Balaban J connectivity index is 2.58. The predicted octanol–water partition coefficient (Wildman–Crippen LogP) is 2.78. The monoisotopic (exact) mass is 214 g/mol. The summed E-state index contributed by atoms with van der Waals surface area (Å²) >= 11 is 1.53. The number of ketones is 1. The molecule has 1 aromatic rings. The number of Topliss-reactive ketones (excluding diaryl/α,β-unsaturated/α-hetero) is 1. The van der Waals surface area contributed by atoms with Gasteiger partial charge < -0.3 is 0 Å². The Hall–Kier alpha value is -0.900. The molecule has 2 rings (SSSR count). The Morgan fingerprint density at radius 1 is 1.29 bits per heavy atom. The number of halogens is 2. The number of hydrogen-bond acceptors (Lipinski definition) is 2. The second-order valence-electron chi connectivity index (χ2n) is 3.15. The van der Waals surface area contributed by atoms with Crippen LogP contribution in [0.15, 0.2) is 12.1 Å². The minimum Gasteiger partial charge on any atom is -0.294 e. The highest BCUT2D eigenvalue weighted by molar-refractivity contribution is 7.98. The summed E-state index contributed by atoms with van der Waals surface area (Å²) in [5.74, 6) is -0.379. The molecule has 14 heavy (non-hydrogen) atoms. The van der Waals surface area contributed by atoms with Crippen LogP contribution in [-0.2, 0) is 5.75 Å². The van der Waals surface area contributed by atoms with Crippen LogP contribution in [-0.4, -0.2) is 11.5 Å². The van der Waals surface area contributed by atoms with Crippen molar-refractivity contribution < 1.29 is 13.6 Å². The summed E-state index contributed by atoms with van der Waals surface area (Å²) < 4.78 is 26.1. The predicted molar refractivity (Wildman–Crippen MR) is 51.5 cm³/mol. The Bertz CT molecular complexity index is 390. The number of hydrogen-bond donors (Lipinski definition) is 0. The van der Waals surface area contributed by atoms with Crippen LogP contribution < -0.4 is 0 Å². The Kier molecular flexibility index (Phi) is 2.54. The fraction of sp³-hybridized carbons (Fsp3) is 0.300. The van der Waals surface area contributed by atoms with Gasteiger partial charge in [0, 0.05) is 24.0 Å². The van der Waals surface area contributed by atoms with Crippen molar-refractivity contribution >= 4 is 17.5 Å². The molecule has 0 bridgehead atoms. The molecular formula is C10H8F2OS. The van der Waals surface area contributed by atoms with Crippen molar-refractivity contribution in [2.24, 2.45) is 0 Å². The van der Waals surface area contributed by atoms with Crippen LogP contribution in [0.25, 0.3) is 0 Å². The second-order valence-corrected chi connectivity index (χ2v) is 4.25. The van der Waals surface area contributed by atoms with Crippen LogP contribution in [0.4, 0.5) is 8.78 Å². The number of fused-ring (bicyclic) bond motifs is 1. The Morgan fingerprint density at radius 3 is 2.86 bits per heavy atom. The number of carbonyl (C=O) groups is 1. The van der Waals surface area contributed by atoms with E-state index >= 15 is 0 Å². The molecule has 1 aromatic carbocycles. The lowest BCUT2D eigenvalue weighted by Gasteiger charge is -2.04. The van der Waals surface area contributed by atoms with E-state index in [1.807, 2.05) is 0 Å². The molecule has 0 N–H and O–H groups in total.